The quantitative estimate of drug-likeness (QED) is 0.850. The lowest BCUT2D eigenvalue weighted by molar-refractivity contribution is -0.137. The lowest BCUT2D eigenvalue weighted by Crippen LogP contribution is -2.49. The molecule has 1 unspecified atom stereocenters. The standard InChI is InChI=1S/C16H17F2NO2/c17-12-2-1-10(8-13(12)18)7-11-9-16(5-6-19-11)14(20)3-4-15(16)21/h1-2,8,11,19H,3-7,9H2. The highest BCUT2D eigenvalue weighted by Crippen LogP contribution is 2.41. The van der Waals surface area contributed by atoms with Crippen LogP contribution in [0.25, 0.3) is 0 Å². The summed E-state index contributed by atoms with van der Waals surface area (Å²) in [4.78, 5) is 24.2. The Morgan fingerprint density at radius 3 is 2.52 bits per heavy atom. The van der Waals surface area contributed by atoms with Gasteiger partial charge in [0.1, 0.15) is 11.6 Å². The van der Waals surface area contributed by atoms with Gasteiger partial charge in [-0.05, 0) is 43.5 Å². The molecule has 1 aromatic rings. The monoisotopic (exact) mass is 293 g/mol. The molecule has 1 spiro atoms. The third kappa shape index (κ3) is 2.50. The molecule has 1 saturated carbocycles. The number of rotatable bonds is 2. The summed E-state index contributed by atoms with van der Waals surface area (Å²) in [6, 6.07) is 3.76. The van der Waals surface area contributed by atoms with E-state index in [2.05, 4.69) is 5.32 Å². The third-order valence-electron chi connectivity index (χ3n) is 4.69. The summed E-state index contributed by atoms with van der Waals surface area (Å²) in [5.74, 6) is -1.65. The Balaban J connectivity index is 1.76. The van der Waals surface area contributed by atoms with Gasteiger partial charge in [0.15, 0.2) is 11.6 Å². The minimum absolute atomic E-state index is 0.0456. The minimum atomic E-state index is -0.869. The molecule has 3 nitrogen and oxygen atoms in total. The van der Waals surface area contributed by atoms with Crippen molar-refractivity contribution in [1.82, 2.24) is 5.32 Å². The Morgan fingerprint density at radius 1 is 1.14 bits per heavy atom. The Bertz CT molecular complexity index is 584. The number of carbonyl (C=O) groups excluding carboxylic acids is 2. The molecular weight excluding hydrogens is 276 g/mol. The van der Waals surface area contributed by atoms with Crippen molar-refractivity contribution in [3.05, 3.63) is 35.4 Å². The van der Waals surface area contributed by atoms with Crippen LogP contribution in [0.5, 0.6) is 0 Å². The van der Waals surface area contributed by atoms with E-state index in [1.165, 1.54) is 6.07 Å². The second kappa shape index (κ2) is 5.30. The lowest BCUT2D eigenvalue weighted by atomic mass is 9.72. The molecule has 1 atom stereocenters. The van der Waals surface area contributed by atoms with Gasteiger partial charge >= 0.3 is 0 Å². The number of ketones is 2. The van der Waals surface area contributed by atoms with E-state index in [0.717, 1.165) is 6.07 Å². The third-order valence-corrected chi connectivity index (χ3v) is 4.69. The number of Topliss-reactive ketones (excluding diaryl/α,β-unsaturated/α-hetero) is 2. The number of piperidine rings is 1. The zero-order valence-electron chi connectivity index (χ0n) is 11.6. The van der Waals surface area contributed by atoms with E-state index in [-0.39, 0.29) is 17.6 Å². The fraction of sp³-hybridized carbons (Fsp3) is 0.500. The molecule has 21 heavy (non-hydrogen) atoms. The van der Waals surface area contributed by atoms with Gasteiger partial charge in [-0.2, -0.15) is 0 Å². The van der Waals surface area contributed by atoms with Crippen LogP contribution in [0.2, 0.25) is 0 Å². The van der Waals surface area contributed by atoms with Gasteiger partial charge in [0, 0.05) is 18.9 Å². The molecule has 1 heterocycles. The fourth-order valence-electron chi connectivity index (χ4n) is 3.55. The summed E-state index contributed by atoms with van der Waals surface area (Å²) < 4.78 is 26.2. The van der Waals surface area contributed by atoms with Crippen molar-refractivity contribution in [2.45, 2.75) is 38.1 Å². The molecule has 5 heteroatoms. The maximum atomic E-state index is 13.2. The molecule has 0 amide bonds. The number of halogens is 2. The Morgan fingerprint density at radius 2 is 1.86 bits per heavy atom. The normalized spacial score (nSPS) is 24.8. The summed E-state index contributed by atoms with van der Waals surface area (Å²) in [5, 5.41) is 3.27. The maximum absolute atomic E-state index is 13.2. The second-order valence-electron chi connectivity index (χ2n) is 5.99. The van der Waals surface area contributed by atoms with Gasteiger partial charge < -0.3 is 5.32 Å². The first-order valence-corrected chi connectivity index (χ1v) is 7.25. The highest BCUT2D eigenvalue weighted by molar-refractivity contribution is 6.13. The van der Waals surface area contributed by atoms with E-state index in [9.17, 15) is 18.4 Å². The second-order valence-corrected chi connectivity index (χ2v) is 5.99. The first-order valence-electron chi connectivity index (χ1n) is 7.25. The van der Waals surface area contributed by atoms with Crippen molar-refractivity contribution in [1.29, 1.82) is 0 Å². The average Bonchev–Trinajstić information content (AvgIpc) is 2.72. The van der Waals surface area contributed by atoms with Crippen LogP contribution in [0.4, 0.5) is 8.78 Å². The minimum Gasteiger partial charge on any atom is -0.314 e. The van der Waals surface area contributed by atoms with E-state index in [4.69, 9.17) is 0 Å². The SMILES string of the molecule is O=C1CCC(=O)C12CCNC(Cc1ccc(F)c(F)c1)C2. The van der Waals surface area contributed by atoms with Gasteiger partial charge in [-0.25, -0.2) is 8.78 Å². The summed E-state index contributed by atoms with van der Waals surface area (Å²) in [7, 11) is 0. The van der Waals surface area contributed by atoms with E-state index in [1.54, 1.807) is 6.07 Å². The molecule has 1 saturated heterocycles. The predicted molar refractivity (Wildman–Crippen MR) is 72.8 cm³/mol. The zero-order valence-corrected chi connectivity index (χ0v) is 11.6. The number of nitrogens with one attached hydrogen (secondary N) is 1. The molecule has 2 aliphatic rings. The highest BCUT2D eigenvalue weighted by Gasteiger charge is 2.51. The van der Waals surface area contributed by atoms with Crippen molar-refractivity contribution in [3.8, 4) is 0 Å². The summed E-state index contributed by atoms with van der Waals surface area (Å²) in [5.41, 5.74) is -0.157. The number of carbonyl (C=O) groups is 2. The Kier molecular flexibility index (Phi) is 3.61. The lowest BCUT2D eigenvalue weighted by Gasteiger charge is -2.36. The van der Waals surface area contributed by atoms with E-state index >= 15 is 0 Å². The number of hydrogen-bond donors (Lipinski definition) is 1. The van der Waals surface area contributed by atoms with E-state index < -0.39 is 17.0 Å². The van der Waals surface area contributed by atoms with Crippen LogP contribution >= 0.6 is 0 Å². The molecule has 112 valence electrons. The van der Waals surface area contributed by atoms with Crippen LogP contribution < -0.4 is 5.32 Å². The van der Waals surface area contributed by atoms with Gasteiger partial charge in [-0.15, -0.1) is 0 Å². The summed E-state index contributed by atoms with van der Waals surface area (Å²) in [6.07, 6.45) is 2.19. The molecule has 3 rings (SSSR count). The average molecular weight is 293 g/mol. The number of benzene rings is 1. The summed E-state index contributed by atoms with van der Waals surface area (Å²) in [6.45, 7) is 0.603. The number of hydrogen-bond acceptors (Lipinski definition) is 3. The highest BCUT2D eigenvalue weighted by atomic mass is 19.2. The molecule has 0 bridgehead atoms. The molecule has 0 aromatic heterocycles. The largest absolute Gasteiger partial charge is 0.314 e. The zero-order chi connectivity index (χ0) is 15.0. The first-order chi connectivity index (χ1) is 10.0. The van der Waals surface area contributed by atoms with Crippen LogP contribution in [0.1, 0.15) is 31.2 Å². The molecule has 1 aromatic carbocycles. The smallest absolute Gasteiger partial charge is 0.159 e. The predicted octanol–water partition coefficient (Wildman–Crippen LogP) is 2.18. The van der Waals surface area contributed by atoms with Gasteiger partial charge in [0.25, 0.3) is 0 Å². The van der Waals surface area contributed by atoms with Gasteiger partial charge in [-0.3, -0.25) is 9.59 Å². The molecule has 2 fully saturated rings. The van der Waals surface area contributed by atoms with Crippen LogP contribution in [0.15, 0.2) is 18.2 Å². The topological polar surface area (TPSA) is 46.2 Å². The first kappa shape index (κ1) is 14.3. The molecule has 1 N–H and O–H groups in total. The van der Waals surface area contributed by atoms with Crippen molar-refractivity contribution in [3.63, 3.8) is 0 Å². The molecule has 0 radical (unpaired) electrons. The van der Waals surface area contributed by atoms with Crippen LogP contribution in [0.3, 0.4) is 0 Å². The van der Waals surface area contributed by atoms with E-state index in [1.807, 2.05) is 0 Å². The van der Waals surface area contributed by atoms with Crippen molar-refractivity contribution in [2.24, 2.45) is 5.41 Å². The summed E-state index contributed by atoms with van der Waals surface area (Å²) >= 11 is 0. The Hall–Kier alpha value is -1.62. The van der Waals surface area contributed by atoms with Crippen molar-refractivity contribution in [2.75, 3.05) is 6.54 Å². The molecule has 1 aliphatic heterocycles. The van der Waals surface area contributed by atoms with Gasteiger partial charge in [-0.1, -0.05) is 6.07 Å². The molecule has 1 aliphatic carbocycles. The Labute approximate surface area is 121 Å². The van der Waals surface area contributed by atoms with Crippen LogP contribution in [-0.2, 0) is 16.0 Å². The van der Waals surface area contributed by atoms with Crippen molar-refractivity contribution < 1.29 is 18.4 Å². The van der Waals surface area contributed by atoms with Crippen LogP contribution in [0, 0.1) is 17.0 Å². The van der Waals surface area contributed by atoms with Gasteiger partial charge in [0.2, 0.25) is 0 Å². The molecular formula is C16H17F2NO2. The maximum Gasteiger partial charge on any atom is 0.159 e. The van der Waals surface area contributed by atoms with Crippen LogP contribution in [-0.4, -0.2) is 24.2 Å². The van der Waals surface area contributed by atoms with Gasteiger partial charge in [0.05, 0.1) is 5.41 Å². The van der Waals surface area contributed by atoms with Crippen molar-refractivity contribution >= 4 is 11.6 Å². The fourth-order valence-corrected chi connectivity index (χ4v) is 3.55. The van der Waals surface area contributed by atoms with E-state index in [0.29, 0.717) is 44.2 Å².